The fourth-order valence-electron chi connectivity index (χ4n) is 2.74. The second kappa shape index (κ2) is 7.31. The third-order valence-corrected chi connectivity index (χ3v) is 4.96. The number of nitrogens with zero attached hydrogens (tertiary/aromatic N) is 5. The van der Waals surface area contributed by atoms with Gasteiger partial charge in [-0.3, -0.25) is 5.32 Å². The van der Waals surface area contributed by atoms with Gasteiger partial charge in [0.1, 0.15) is 17.2 Å². The molecule has 4 rings (SSSR count). The Morgan fingerprint density at radius 1 is 1.31 bits per heavy atom. The van der Waals surface area contributed by atoms with Crippen LogP contribution in [-0.4, -0.2) is 37.9 Å². The number of nitrogens with one attached hydrogen (secondary N) is 1. The van der Waals surface area contributed by atoms with Crippen LogP contribution < -0.4 is 16.8 Å². The molecule has 5 N–H and O–H groups in total. The number of amides is 1. The quantitative estimate of drug-likeness (QED) is 0.461. The van der Waals surface area contributed by atoms with E-state index in [0.717, 1.165) is 0 Å². The van der Waals surface area contributed by atoms with Crippen LogP contribution in [0.5, 0.6) is 0 Å². The zero-order chi connectivity index (χ0) is 20.5. The second-order valence-corrected chi connectivity index (χ2v) is 6.88. The number of carbonyl (C=O) groups is 1. The lowest BCUT2D eigenvalue weighted by Gasteiger charge is -2.09. The molecule has 10 nitrogen and oxygen atoms in total. The van der Waals surface area contributed by atoms with Crippen molar-refractivity contribution in [1.29, 1.82) is 0 Å². The Hall–Kier alpha value is -3.80. The molecule has 0 fully saturated rings. The van der Waals surface area contributed by atoms with Gasteiger partial charge in [0.2, 0.25) is 0 Å². The molecular weight excluding hydrogens is 399 g/mol. The van der Waals surface area contributed by atoms with Gasteiger partial charge in [0, 0.05) is 6.20 Å². The molecule has 0 unspecified atom stereocenters. The van der Waals surface area contributed by atoms with Crippen molar-refractivity contribution in [3.63, 3.8) is 0 Å². The van der Waals surface area contributed by atoms with Crippen molar-refractivity contribution in [3.8, 4) is 11.5 Å². The first-order chi connectivity index (χ1) is 14.0. The molecule has 4 heterocycles. The summed E-state index contributed by atoms with van der Waals surface area (Å²) in [6.07, 6.45) is 0.860. The fraction of sp³-hybridized carbons (Fsp3) is 0.118. The van der Waals surface area contributed by atoms with Gasteiger partial charge in [-0.1, -0.05) is 0 Å². The van der Waals surface area contributed by atoms with E-state index in [-0.39, 0.29) is 35.5 Å². The number of nitrogens with two attached hydrogens (primary N) is 2. The van der Waals surface area contributed by atoms with E-state index in [2.05, 4.69) is 30.1 Å². The first-order valence-electron chi connectivity index (χ1n) is 8.29. The zero-order valence-electron chi connectivity index (χ0n) is 15.1. The lowest BCUT2D eigenvalue weighted by Crippen LogP contribution is -2.16. The highest BCUT2D eigenvalue weighted by atomic mass is 32.1. The first kappa shape index (κ1) is 18.6. The third kappa shape index (κ3) is 3.40. The topological polar surface area (TPSA) is 147 Å². The second-order valence-electron chi connectivity index (χ2n) is 5.88. The van der Waals surface area contributed by atoms with E-state index in [9.17, 15) is 9.18 Å². The van der Waals surface area contributed by atoms with Gasteiger partial charge in [-0.05, 0) is 23.6 Å². The average molecular weight is 414 g/mol. The number of pyridine rings is 1. The largest absolute Gasteiger partial charge is 0.453 e. The highest BCUT2D eigenvalue weighted by Crippen LogP contribution is 2.30. The molecule has 0 aromatic carbocycles. The molecule has 0 aliphatic heterocycles. The normalized spacial score (nSPS) is 11.0. The minimum atomic E-state index is -0.753. The number of fused-ring (bicyclic) bond motifs is 1. The number of aromatic nitrogens is 5. The summed E-state index contributed by atoms with van der Waals surface area (Å²) in [5, 5.41) is 9.20. The number of thiophene rings is 1. The maximum Gasteiger partial charge on any atom is 0.411 e. The van der Waals surface area contributed by atoms with E-state index in [0.29, 0.717) is 21.6 Å². The Labute approximate surface area is 167 Å². The minimum Gasteiger partial charge on any atom is -0.453 e. The van der Waals surface area contributed by atoms with Gasteiger partial charge in [-0.25, -0.2) is 28.8 Å². The molecule has 1 amide bonds. The Bertz CT molecular complexity index is 1200. The summed E-state index contributed by atoms with van der Waals surface area (Å²) in [6, 6.07) is 4.93. The molecule has 0 atom stereocenters. The van der Waals surface area contributed by atoms with Crippen LogP contribution >= 0.6 is 11.3 Å². The van der Waals surface area contributed by atoms with Crippen molar-refractivity contribution in [2.45, 2.75) is 6.54 Å². The van der Waals surface area contributed by atoms with E-state index in [4.69, 9.17) is 11.5 Å². The maximum absolute atomic E-state index is 13.9. The van der Waals surface area contributed by atoms with Gasteiger partial charge in [-0.15, -0.1) is 11.3 Å². The monoisotopic (exact) mass is 414 g/mol. The van der Waals surface area contributed by atoms with Crippen molar-refractivity contribution in [3.05, 3.63) is 40.5 Å². The summed E-state index contributed by atoms with van der Waals surface area (Å²) >= 11 is 1.29. The van der Waals surface area contributed by atoms with Crippen LogP contribution in [-0.2, 0) is 11.3 Å². The van der Waals surface area contributed by atoms with Crippen molar-refractivity contribution in [1.82, 2.24) is 24.7 Å². The first-order valence-corrected chi connectivity index (χ1v) is 9.17. The Kier molecular flexibility index (Phi) is 4.68. The standard InChI is InChI=1S/C17H15FN8O2S/c1-28-17(27)22-12-13(19)23-15(24-14(12)20)11-8-3-2-5-21-16(8)26(25-11)7-10-9(18)4-6-29-10/h2-6H,7H2,1H3,(H,22,27)(H4,19,20,23,24). The summed E-state index contributed by atoms with van der Waals surface area (Å²) in [5.74, 6) is -0.250. The van der Waals surface area contributed by atoms with E-state index in [1.165, 1.54) is 24.5 Å². The van der Waals surface area contributed by atoms with E-state index < -0.39 is 6.09 Å². The van der Waals surface area contributed by atoms with E-state index in [1.54, 1.807) is 28.4 Å². The molecule has 0 spiro atoms. The number of ether oxygens (including phenoxy) is 1. The van der Waals surface area contributed by atoms with Crippen LogP contribution in [0.2, 0.25) is 0 Å². The summed E-state index contributed by atoms with van der Waals surface area (Å²) in [4.78, 5) is 24.7. The Morgan fingerprint density at radius 3 is 2.72 bits per heavy atom. The molecular formula is C17H15FN8O2S. The van der Waals surface area contributed by atoms with E-state index >= 15 is 0 Å². The maximum atomic E-state index is 13.9. The number of anilines is 3. The smallest absolute Gasteiger partial charge is 0.411 e. The number of halogens is 1. The number of hydrogen-bond donors (Lipinski definition) is 3. The molecule has 148 valence electrons. The van der Waals surface area contributed by atoms with Crippen LogP contribution in [0.25, 0.3) is 22.6 Å². The zero-order valence-corrected chi connectivity index (χ0v) is 15.9. The van der Waals surface area contributed by atoms with Gasteiger partial charge in [0.05, 0.1) is 23.9 Å². The molecule has 0 aliphatic rings. The van der Waals surface area contributed by atoms with Crippen molar-refractivity contribution in [2.75, 3.05) is 23.9 Å². The highest BCUT2D eigenvalue weighted by molar-refractivity contribution is 7.09. The molecule has 0 saturated carbocycles. The number of carbonyl (C=O) groups excluding carboxylic acids is 1. The van der Waals surface area contributed by atoms with Gasteiger partial charge in [-0.2, -0.15) is 5.10 Å². The summed E-state index contributed by atoms with van der Waals surface area (Å²) in [7, 11) is 1.21. The van der Waals surface area contributed by atoms with Gasteiger partial charge < -0.3 is 16.2 Å². The molecule has 29 heavy (non-hydrogen) atoms. The predicted octanol–water partition coefficient (Wildman–Crippen LogP) is 2.48. The predicted molar refractivity (Wildman–Crippen MR) is 107 cm³/mol. The summed E-state index contributed by atoms with van der Waals surface area (Å²) in [5.41, 5.74) is 12.8. The lowest BCUT2D eigenvalue weighted by atomic mass is 10.2. The molecule has 0 saturated heterocycles. The third-order valence-electron chi connectivity index (χ3n) is 4.08. The molecule has 4 aromatic rings. The van der Waals surface area contributed by atoms with Gasteiger partial charge in [0.15, 0.2) is 23.1 Å². The van der Waals surface area contributed by atoms with Crippen LogP contribution in [0.15, 0.2) is 29.8 Å². The number of nitrogen functional groups attached to an aromatic ring is 2. The molecule has 4 aromatic heterocycles. The van der Waals surface area contributed by atoms with Gasteiger partial charge in [0.25, 0.3) is 0 Å². The molecule has 0 bridgehead atoms. The number of rotatable bonds is 4. The average Bonchev–Trinajstić information content (AvgIpc) is 3.28. The van der Waals surface area contributed by atoms with Crippen LogP contribution in [0.4, 0.5) is 26.5 Å². The van der Waals surface area contributed by atoms with Crippen molar-refractivity contribution < 1.29 is 13.9 Å². The van der Waals surface area contributed by atoms with Crippen LogP contribution in [0, 0.1) is 5.82 Å². The van der Waals surface area contributed by atoms with Crippen molar-refractivity contribution >= 4 is 45.8 Å². The lowest BCUT2D eigenvalue weighted by molar-refractivity contribution is 0.187. The molecule has 0 aliphatic carbocycles. The van der Waals surface area contributed by atoms with Crippen LogP contribution in [0.1, 0.15) is 4.88 Å². The molecule has 0 radical (unpaired) electrons. The Morgan fingerprint density at radius 2 is 2.07 bits per heavy atom. The SMILES string of the molecule is COC(=O)Nc1c(N)nc(-c2nn(Cc3sccc3F)c3ncccc23)nc1N. The van der Waals surface area contributed by atoms with Crippen LogP contribution in [0.3, 0.4) is 0 Å². The van der Waals surface area contributed by atoms with Gasteiger partial charge >= 0.3 is 6.09 Å². The fourth-order valence-corrected chi connectivity index (χ4v) is 3.47. The Balaban J connectivity index is 1.80. The minimum absolute atomic E-state index is 0.0446. The number of hydrogen-bond acceptors (Lipinski definition) is 9. The highest BCUT2D eigenvalue weighted by Gasteiger charge is 2.20. The van der Waals surface area contributed by atoms with E-state index in [1.807, 2.05) is 0 Å². The number of methoxy groups -OCH3 is 1. The van der Waals surface area contributed by atoms with Crippen molar-refractivity contribution in [2.24, 2.45) is 0 Å². The molecule has 12 heteroatoms. The summed E-state index contributed by atoms with van der Waals surface area (Å²) in [6.45, 7) is 0.198. The summed E-state index contributed by atoms with van der Waals surface area (Å²) < 4.78 is 20.0.